The van der Waals surface area contributed by atoms with Gasteiger partial charge >= 0.3 is 0 Å². The second kappa shape index (κ2) is 4.20. The SMILES string of the molecule is Cc1ccc(C2(c3nnn(C)n3)CCNCC2)o1. The lowest BCUT2D eigenvalue weighted by molar-refractivity contribution is 0.284. The highest BCUT2D eigenvalue weighted by molar-refractivity contribution is 5.27. The Morgan fingerprint density at radius 2 is 2.11 bits per heavy atom. The largest absolute Gasteiger partial charge is 0.465 e. The van der Waals surface area contributed by atoms with Crippen molar-refractivity contribution in [2.75, 3.05) is 13.1 Å². The maximum absolute atomic E-state index is 5.85. The Morgan fingerprint density at radius 1 is 1.33 bits per heavy atom. The third-order valence-electron chi connectivity index (χ3n) is 3.61. The first-order chi connectivity index (χ1) is 8.71. The number of piperidine rings is 1. The van der Waals surface area contributed by atoms with E-state index in [0.717, 1.165) is 43.3 Å². The minimum absolute atomic E-state index is 0.228. The molecule has 6 nitrogen and oxygen atoms in total. The predicted molar refractivity (Wildman–Crippen MR) is 65.1 cm³/mol. The summed E-state index contributed by atoms with van der Waals surface area (Å²) in [6, 6.07) is 4.03. The quantitative estimate of drug-likeness (QED) is 0.849. The zero-order chi connectivity index (χ0) is 12.6. The van der Waals surface area contributed by atoms with Crippen LogP contribution in [0.25, 0.3) is 0 Å². The molecule has 2 aromatic heterocycles. The van der Waals surface area contributed by atoms with Crippen molar-refractivity contribution in [1.82, 2.24) is 25.5 Å². The second-order valence-electron chi connectivity index (χ2n) is 4.84. The first-order valence-electron chi connectivity index (χ1n) is 6.23. The van der Waals surface area contributed by atoms with Gasteiger partial charge in [0.1, 0.15) is 11.5 Å². The van der Waals surface area contributed by atoms with Crippen LogP contribution < -0.4 is 5.32 Å². The van der Waals surface area contributed by atoms with Crippen molar-refractivity contribution in [3.8, 4) is 0 Å². The third kappa shape index (κ3) is 1.73. The number of hydrogen-bond acceptors (Lipinski definition) is 5. The van der Waals surface area contributed by atoms with Gasteiger partial charge in [-0.1, -0.05) is 0 Å². The molecule has 18 heavy (non-hydrogen) atoms. The van der Waals surface area contributed by atoms with Crippen LogP contribution in [0.4, 0.5) is 0 Å². The van der Waals surface area contributed by atoms with Gasteiger partial charge in [0, 0.05) is 0 Å². The van der Waals surface area contributed by atoms with Crippen molar-refractivity contribution >= 4 is 0 Å². The molecule has 96 valence electrons. The van der Waals surface area contributed by atoms with Gasteiger partial charge in [0.05, 0.1) is 12.5 Å². The Kier molecular flexibility index (Phi) is 2.66. The minimum atomic E-state index is -0.228. The molecular weight excluding hydrogens is 230 g/mol. The lowest BCUT2D eigenvalue weighted by Crippen LogP contribution is -2.41. The summed E-state index contributed by atoms with van der Waals surface area (Å²) in [5.74, 6) is 2.64. The summed E-state index contributed by atoms with van der Waals surface area (Å²) < 4.78 is 5.85. The molecule has 1 aliphatic heterocycles. The summed E-state index contributed by atoms with van der Waals surface area (Å²) in [6.45, 7) is 3.85. The number of furan rings is 1. The fraction of sp³-hybridized carbons (Fsp3) is 0.583. The van der Waals surface area contributed by atoms with E-state index in [2.05, 4.69) is 20.7 Å². The average Bonchev–Trinajstić information content (AvgIpc) is 2.99. The highest BCUT2D eigenvalue weighted by atomic mass is 16.3. The number of nitrogens with zero attached hydrogens (tertiary/aromatic N) is 4. The average molecular weight is 247 g/mol. The molecule has 1 aliphatic rings. The maximum atomic E-state index is 5.85. The molecule has 0 bridgehead atoms. The standard InChI is InChI=1S/C12H17N5O/c1-9-3-4-10(18-9)12(5-7-13-8-6-12)11-14-16-17(2)15-11/h3-4,13H,5-8H2,1-2H3. The molecule has 1 saturated heterocycles. The Labute approximate surface area is 105 Å². The molecule has 3 rings (SSSR count). The summed E-state index contributed by atoms with van der Waals surface area (Å²) in [4.78, 5) is 1.51. The molecule has 3 heterocycles. The van der Waals surface area contributed by atoms with Crippen LogP contribution in [0, 0.1) is 6.92 Å². The molecular formula is C12H17N5O. The predicted octanol–water partition coefficient (Wildman–Crippen LogP) is 0.781. The first kappa shape index (κ1) is 11.4. The van der Waals surface area contributed by atoms with Crippen molar-refractivity contribution in [3.05, 3.63) is 29.5 Å². The van der Waals surface area contributed by atoms with E-state index in [-0.39, 0.29) is 5.41 Å². The number of rotatable bonds is 2. The van der Waals surface area contributed by atoms with Crippen LogP contribution in [-0.4, -0.2) is 33.3 Å². The second-order valence-corrected chi connectivity index (χ2v) is 4.84. The molecule has 0 atom stereocenters. The molecule has 0 unspecified atom stereocenters. The molecule has 0 radical (unpaired) electrons. The van der Waals surface area contributed by atoms with Crippen LogP contribution in [0.15, 0.2) is 16.5 Å². The normalized spacial score (nSPS) is 19.0. The van der Waals surface area contributed by atoms with Crippen LogP contribution in [0.1, 0.15) is 30.2 Å². The Balaban J connectivity index is 2.08. The van der Waals surface area contributed by atoms with Crippen LogP contribution in [0.3, 0.4) is 0 Å². The van der Waals surface area contributed by atoms with Gasteiger partial charge in [0.25, 0.3) is 0 Å². The van der Waals surface area contributed by atoms with E-state index in [4.69, 9.17) is 4.42 Å². The Hall–Kier alpha value is -1.69. The summed E-state index contributed by atoms with van der Waals surface area (Å²) in [5.41, 5.74) is -0.228. The lowest BCUT2D eigenvalue weighted by Gasteiger charge is -2.32. The van der Waals surface area contributed by atoms with Crippen molar-refractivity contribution < 1.29 is 4.42 Å². The number of nitrogens with one attached hydrogen (secondary N) is 1. The van der Waals surface area contributed by atoms with Gasteiger partial charge in [-0.2, -0.15) is 4.80 Å². The summed E-state index contributed by atoms with van der Waals surface area (Å²) in [5, 5.41) is 15.9. The van der Waals surface area contributed by atoms with Crippen molar-refractivity contribution in [3.63, 3.8) is 0 Å². The minimum Gasteiger partial charge on any atom is -0.465 e. The third-order valence-corrected chi connectivity index (χ3v) is 3.61. The van der Waals surface area contributed by atoms with Gasteiger partial charge in [-0.05, 0) is 50.2 Å². The van der Waals surface area contributed by atoms with E-state index < -0.39 is 0 Å². The van der Waals surface area contributed by atoms with Crippen LogP contribution in [0.2, 0.25) is 0 Å². The van der Waals surface area contributed by atoms with E-state index in [9.17, 15) is 0 Å². The van der Waals surface area contributed by atoms with Gasteiger partial charge in [-0.3, -0.25) is 0 Å². The first-order valence-corrected chi connectivity index (χ1v) is 6.23. The number of aromatic nitrogens is 4. The molecule has 0 spiro atoms. The van der Waals surface area contributed by atoms with Crippen LogP contribution in [-0.2, 0) is 12.5 Å². The zero-order valence-corrected chi connectivity index (χ0v) is 10.7. The summed E-state index contributed by atoms with van der Waals surface area (Å²) in [6.07, 6.45) is 1.87. The van der Waals surface area contributed by atoms with Gasteiger partial charge < -0.3 is 9.73 Å². The molecule has 0 amide bonds. The number of tetrazole rings is 1. The van der Waals surface area contributed by atoms with E-state index in [1.807, 2.05) is 19.1 Å². The maximum Gasteiger partial charge on any atom is 0.188 e. The Morgan fingerprint density at radius 3 is 2.67 bits per heavy atom. The molecule has 0 saturated carbocycles. The molecule has 0 aromatic carbocycles. The molecule has 2 aromatic rings. The van der Waals surface area contributed by atoms with E-state index >= 15 is 0 Å². The molecule has 6 heteroatoms. The van der Waals surface area contributed by atoms with Gasteiger partial charge in [-0.15, -0.1) is 10.2 Å². The number of aryl methyl sites for hydroxylation is 2. The zero-order valence-electron chi connectivity index (χ0n) is 10.7. The van der Waals surface area contributed by atoms with E-state index in [0.29, 0.717) is 0 Å². The van der Waals surface area contributed by atoms with Crippen molar-refractivity contribution in [2.24, 2.45) is 7.05 Å². The van der Waals surface area contributed by atoms with Crippen molar-refractivity contribution in [2.45, 2.75) is 25.2 Å². The highest BCUT2D eigenvalue weighted by Crippen LogP contribution is 2.38. The fourth-order valence-electron chi connectivity index (χ4n) is 2.60. The molecule has 0 aliphatic carbocycles. The van der Waals surface area contributed by atoms with E-state index in [1.165, 1.54) is 4.80 Å². The van der Waals surface area contributed by atoms with E-state index in [1.54, 1.807) is 7.05 Å². The van der Waals surface area contributed by atoms with Gasteiger partial charge in [0.2, 0.25) is 0 Å². The number of hydrogen-bond donors (Lipinski definition) is 1. The van der Waals surface area contributed by atoms with Gasteiger partial charge in [0.15, 0.2) is 5.82 Å². The smallest absolute Gasteiger partial charge is 0.188 e. The van der Waals surface area contributed by atoms with Crippen molar-refractivity contribution in [1.29, 1.82) is 0 Å². The monoisotopic (exact) mass is 247 g/mol. The fourth-order valence-corrected chi connectivity index (χ4v) is 2.60. The summed E-state index contributed by atoms with van der Waals surface area (Å²) >= 11 is 0. The van der Waals surface area contributed by atoms with Crippen LogP contribution >= 0.6 is 0 Å². The summed E-state index contributed by atoms with van der Waals surface area (Å²) in [7, 11) is 1.79. The van der Waals surface area contributed by atoms with Gasteiger partial charge in [-0.25, -0.2) is 0 Å². The topological polar surface area (TPSA) is 68.8 Å². The lowest BCUT2D eigenvalue weighted by atomic mass is 9.76. The molecule has 1 N–H and O–H groups in total. The Bertz CT molecular complexity index is 496. The molecule has 1 fully saturated rings. The van der Waals surface area contributed by atoms with Crippen LogP contribution in [0.5, 0.6) is 0 Å². The highest BCUT2D eigenvalue weighted by Gasteiger charge is 2.42.